The number of carbonyl (C=O) groups excluding carboxylic acids is 1. The van der Waals surface area contributed by atoms with Gasteiger partial charge in [0, 0.05) is 23.1 Å². The van der Waals surface area contributed by atoms with Gasteiger partial charge in [0.15, 0.2) is 0 Å². The number of nitrogens with one attached hydrogen (secondary N) is 1. The van der Waals surface area contributed by atoms with Crippen LogP contribution in [0, 0.1) is 0 Å². The lowest BCUT2D eigenvalue weighted by Crippen LogP contribution is -2.23. The monoisotopic (exact) mass is 338 g/mol. The topological polar surface area (TPSA) is 51.2 Å². The second-order valence-corrected chi connectivity index (χ2v) is 6.03. The molecule has 0 radical (unpaired) electrons. The van der Waals surface area contributed by atoms with Gasteiger partial charge in [-0.1, -0.05) is 54.6 Å². The van der Waals surface area contributed by atoms with Gasteiger partial charge in [-0.15, -0.1) is 11.3 Å². The van der Waals surface area contributed by atoms with E-state index in [1.807, 2.05) is 42.5 Å². The number of hydrogen-bond acceptors (Lipinski definition) is 4. The van der Waals surface area contributed by atoms with Gasteiger partial charge in [-0.2, -0.15) is 0 Å². The average Bonchev–Trinajstić information content (AvgIpc) is 3.12. The van der Waals surface area contributed by atoms with Gasteiger partial charge in [-0.25, -0.2) is 9.78 Å². The summed E-state index contributed by atoms with van der Waals surface area (Å²) in [5.41, 5.74) is 4.20. The van der Waals surface area contributed by atoms with Crippen LogP contribution in [0.3, 0.4) is 0 Å². The first kappa shape index (κ1) is 16.2. The molecule has 1 amide bonds. The molecule has 0 aliphatic rings. The molecule has 0 saturated carbocycles. The third kappa shape index (κ3) is 4.00. The van der Waals surface area contributed by atoms with Crippen LogP contribution in [0.25, 0.3) is 21.8 Å². The fourth-order valence-corrected chi connectivity index (χ4v) is 3.10. The zero-order chi connectivity index (χ0) is 16.8. The van der Waals surface area contributed by atoms with Crippen molar-refractivity contribution in [3.8, 4) is 21.8 Å². The Balaban J connectivity index is 1.68. The first-order valence-corrected chi connectivity index (χ1v) is 8.65. The minimum atomic E-state index is -0.394. The Morgan fingerprint density at radius 2 is 1.83 bits per heavy atom. The molecule has 0 unspecified atom stereocenters. The van der Waals surface area contributed by atoms with Gasteiger partial charge < -0.3 is 10.1 Å². The van der Waals surface area contributed by atoms with Crippen LogP contribution in [0.1, 0.15) is 12.5 Å². The summed E-state index contributed by atoms with van der Waals surface area (Å²) in [6.45, 7) is 2.61. The molecule has 24 heavy (non-hydrogen) atoms. The Labute approximate surface area is 145 Å². The third-order valence-electron chi connectivity index (χ3n) is 3.49. The van der Waals surface area contributed by atoms with Crippen LogP contribution in [-0.2, 0) is 11.3 Å². The molecule has 0 atom stereocenters. The van der Waals surface area contributed by atoms with E-state index in [9.17, 15) is 4.79 Å². The molecular formula is C19H18N2O2S. The van der Waals surface area contributed by atoms with Gasteiger partial charge in [-0.3, -0.25) is 0 Å². The summed E-state index contributed by atoms with van der Waals surface area (Å²) in [5, 5.41) is 5.77. The van der Waals surface area contributed by atoms with E-state index in [4.69, 9.17) is 9.72 Å². The largest absolute Gasteiger partial charge is 0.450 e. The minimum absolute atomic E-state index is 0.374. The maximum Gasteiger partial charge on any atom is 0.407 e. The highest BCUT2D eigenvalue weighted by atomic mass is 32.1. The number of alkyl carbamates (subject to hydrolysis) is 1. The van der Waals surface area contributed by atoms with Gasteiger partial charge in [0.25, 0.3) is 0 Å². The van der Waals surface area contributed by atoms with Crippen LogP contribution in [0.15, 0.2) is 60.0 Å². The molecule has 0 bridgehead atoms. The number of nitrogens with zero attached hydrogens (tertiary/aromatic N) is 1. The standard InChI is InChI=1S/C19H18N2O2S/c1-2-23-19(22)20-12-14-8-10-16(11-9-14)18-21-17(13-24-18)15-6-4-3-5-7-15/h3-11,13H,2,12H2,1H3,(H,20,22). The molecule has 122 valence electrons. The zero-order valence-corrected chi connectivity index (χ0v) is 14.2. The maximum absolute atomic E-state index is 11.3. The van der Waals surface area contributed by atoms with Gasteiger partial charge >= 0.3 is 6.09 Å². The van der Waals surface area contributed by atoms with Crippen molar-refractivity contribution in [2.75, 3.05) is 6.61 Å². The molecule has 1 heterocycles. The lowest BCUT2D eigenvalue weighted by molar-refractivity contribution is 0.151. The summed E-state index contributed by atoms with van der Waals surface area (Å²) in [7, 11) is 0. The van der Waals surface area contributed by atoms with Crippen molar-refractivity contribution in [1.29, 1.82) is 0 Å². The molecule has 2 aromatic carbocycles. The highest BCUT2D eigenvalue weighted by Crippen LogP contribution is 2.28. The predicted octanol–water partition coefficient (Wildman–Crippen LogP) is 4.72. The number of benzene rings is 2. The van der Waals surface area contributed by atoms with E-state index in [1.54, 1.807) is 18.3 Å². The van der Waals surface area contributed by atoms with Crippen molar-refractivity contribution in [2.24, 2.45) is 0 Å². The summed E-state index contributed by atoms with van der Waals surface area (Å²) in [5.74, 6) is 0. The summed E-state index contributed by atoms with van der Waals surface area (Å²) in [4.78, 5) is 16.0. The second kappa shape index (κ2) is 7.75. The van der Waals surface area contributed by atoms with Crippen molar-refractivity contribution >= 4 is 17.4 Å². The van der Waals surface area contributed by atoms with Crippen molar-refractivity contribution in [2.45, 2.75) is 13.5 Å². The van der Waals surface area contributed by atoms with Crippen molar-refractivity contribution < 1.29 is 9.53 Å². The van der Waals surface area contributed by atoms with Crippen LogP contribution < -0.4 is 5.32 Å². The number of aromatic nitrogens is 1. The normalized spacial score (nSPS) is 10.4. The highest BCUT2D eigenvalue weighted by molar-refractivity contribution is 7.13. The number of carbonyl (C=O) groups is 1. The molecule has 1 aromatic heterocycles. The zero-order valence-electron chi connectivity index (χ0n) is 13.4. The molecule has 0 aliphatic carbocycles. The van der Waals surface area contributed by atoms with Gasteiger partial charge in [0.05, 0.1) is 12.3 Å². The van der Waals surface area contributed by atoms with Crippen LogP contribution >= 0.6 is 11.3 Å². The van der Waals surface area contributed by atoms with Crippen molar-refractivity contribution in [1.82, 2.24) is 10.3 Å². The number of hydrogen-bond donors (Lipinski definition) is 1. The molecule has 0 spiro atoms. The van der Waals surface area contributed by atoms with E-state index in [0.29, 0.717) is 13.2 Å². The molecule has 5 heteroatoms. The van der Waals surface area contributed by atoms with E-state index in [1.165, 1.54) is 0 Å². The predicted molar refractivity (Wildman–Crippen MR) is 96.8 cm³/mol. The highest BCUT2D eigenvalue weighted by Gasteiger charge is 2.07. The van der Waals surface area contributed by atoms with Crippen molar-refractivity contribution in [3.05, 3.63) is 65.5 Å². The quantitative estimate of drug-likeness (QED) is 0.732. The fraction of sp³-hybridized carbons (Fsp3) is 0.158. The van der Waals surface area contributed by atoms with E-state index in [-0.39, 0.29) is 0 Å². The summed E-state index contributed by atoms with van der Waals surface area (Å²) >= 11 is 1.63. The third-order valence-corrected chi connectivity index (χ3v) is 4.38. The van der Waals surface area contributed by atoms with Crippen LogP contribution in [0.5, 0.6) is 0 Å². The molecule has 0 aliphatic heterocycles. The van der Waals surface area contributed by atoms with Gasteiger partial charge in [-0.05, 0) is 12.5 Å². The molecule has 1 N–H and O–H groups in total. The molecule has 3 aromatic rings. The van der Waals surface area contributed by atoms with E-state index >= 15 is 0 Å². The van der Waals surface area contributed by atoms with E-state index in [0.717, 1.165) is 27.4 Å². The van der Waals surface area contributed by atoms with Gasteiger partial charge in [0.2, 0.25) is 0 Å². The lowest BCUT2D eigenvalue weighted by atomic mass is 10.1. The van der Waals surface area contributed by atoms with Crippen molar-refractivity contribution in [3.63, 3.8) is 0 Å². The minimum Gasteiger partial charge on any atom is -0.450 e. The second-order valence-electron chi connectivity index (χ2n) is 5.17. The fourth-order valence-electron chi connectivity index (χ4n) is 2.27. The Morgan fingerprint density at radius 1 is 1.08 bits per heavy atom. The van der Waals surface area contributed by atoms with Gasteiger partial charge in [0.1, 0.15) is 5.01 Å². The molecule has 3 rings (SSSR count). The molecule has 4 nitrogen and oxygen atoms in total. The summed E-state index contributed by atoms with van der Waals surface area (Å²) in [6, 6.07) is 18.2. The Morgan fingerprint density at radius 3 is 2.54 bits per heavy atom. The van der Waals surface area contributed by atoms with Crippen LogP contribution in [0.4, 0.5) is 4.79 Å². The summed E-state index contributed by atoms with van der Waals surface area (Å²) in [6.07, 6.45) is -0.394. The smallest absolute Gasteiger partial charge is 0.407 e. The molecule has 0 saturated heterocycles. The van der Waals surface area contributed by atoms with Crippen LogP contribution in [0.2, 0.25) is 0 Å². The SMILES string of the molecule is CCOC(=O)NCc1ccc(-c2nc(-c3ccccc3)cs2)cc1. The number of rotatable bonds is 5. The van der Waals surface area contributed by atoms with Crippen LogP contribution in [-0.4, -0.2) is 17.7 Å². The Hall–Kier alpha value is -2.66. The average molecular weight is 338 g/mol. The Bertz CT molecular complexity index is 798. The molecular weight excluding hydrogens is 320 g/mol. The summed E-state index contributed by atoms with van der Waals surface area (Å²) < 4.78 is 4.84. The molecule has 0 fully saturated rings. The number of amides is 1. The maximum atomic E-state index is 11.3. The number of thiazole rings is 1. The van der Waals surface area contributed by atoms with E-state index in [2.05, 4.69) is 22.8 Å². The first-order chi connectivity index (χ1) is 11.8. The van der Waals surface area contributed by atoms with E-state index < -0.39 is 6.09 Å². The Kier molecular flexibility index (Phi) is 5.23. The number of ether oxygens (including phenoxy) is 1. The lowest BCUT2D eigenvalue weighted by Gasteiger charge is -2.05. The first-order valence-electron chi connectivity index (χ1n) is 7.77.